The van der Waals surface area contributed by atoms with Crippen LogP contribution in [0.4, 0.5) is 11.4 Å². The molecule has 4 N–H and O–H groups in total. The number of carbonyl (C=O) groups excluding carboxylic acids is 1. The van der Waals surface area contributed by atoms with E-state index in [1.54, 1.807) is 25.3 Å². The minimum Gasteiger partial charge on any atom is -0.491 e. The fourth-order valence-electron chi connectivity index (χ4n) is 2.37. The van der Waals surface area contributed by atoms with E-state index < -0.39 is 0 Å². The van der Waals surface area contributed by atoms with Gasteiger partial charge in [0.15, 0.2) is 0 Å². The Hall–Kier alpha value is -2.99. The molecule has 3 aromatic rings. The van der Waals surface area contributed by atoms with Crippen LogP contribution in [-0.4, -0.2) is 31.2 Å². The maximum absolute atomic E-state index is 12.4. The first-order valence-corrected chi connectivity index (χ1v) is 7.58. The molecule has 1 heterocycles. The number of aromatic amines is 1. The monoisotopic (exact) mass is 325 g/mol. The Bertz CT molecular complexity index is 858. The van der Waals surface area contributed by atoms with Crippen LogP contribution in [0.2, 0.25) is 0 Å². The van der Waals surface area contributed by atoms with E-state index in [0.29, 0.717) is 30.3 Å². The minimum absolute atomic E-state index is 0.244. The van der Waals surface area contributed by atoms with E-state index in [1.165, 1.54) is 0 Å². The third kappa shape index (κ3) is 3.49. The molecule has 0 aliphatic rings. The molecule has 2 aromatic carbocycles. The van der Waals surface area contributed by atoms with Crippen LogP contribution in [-0.2, 0) is 4.74 Å². The Morgan fingerprint density at radius 3 is 2.79 bits per heavy atom. The second-order valence-electron chi connectivity index (χ2n) is 5.31. The molecule has 0 saturated heterocycles. The molecule has 0 fully saturated rings. The van der Waals surface area contributed by atoms with Gasteiger partial charge in [-0.05, 0) is 36.4 Å². The summed E-state index contributed by atoms with van der Waals surface area (Å²) in [6.07, 6.45) is 0. The van der Waals surface area contributed by atoms with E-state index in [2.05, 4.69) is 10.3 Å². The van der Waals surface area contributed by atoms with Crippen molar-refractivity contribution in [3.63, 3.8) is 0 Å². The van der Waals surface area contributed by atoms with Gasteiger partial charge in [-0.15, -0.1) is 0 Å². The Balaban J connectivity index is 1.77. The number of amides is 1. The molecule has 1 amide bonds. The molecule has 0 aliphatic heterocycles. The van der Waals surface area contributed by atoms with Crippen molar-refractivity contribution in [2.75, 3.05) is 31.4 Å². The largest absolute Gasteiger partial charge is 0.491 e. The van der Waals surface area contributed by atoms with E-state index in [-0.39, 0.29) is 5.91 Å². The summed E-state index contributed by atoms with van der Waals surface area (Å²) >= 11 is 0. The lowest BCUT2D eigenvalue weighted by molar-refractivity contribution is 0.102. The number of H-pyrrole nitrogens is 1. The number of aromatic nitrogens is 1. The zero-order valence-corrected chi connectivity index (χ0v) is 13.3. The number of nitrogen functional groups attached to an aromatic ring is 1. The molecular weight excluding hydrogens is 306 g/mol. The fourth-order valence-corrected chi connectivity index (χ4v) is 2.37. The first-order valence-electron chi connectivity index (χ1n) is 7.58. The van der Waals surface area contributed by atoms with Crippen LogP contribution in [0.1, 0.15) is 10.5 Å². The molecule has 0 aliphatic carbocycles. The van der Waals surface area contributed by atoms with Gasteiger partial charge in [-0.2, -0.15) is 0 Å². The molecule has 24 heavy (non-hydrogen) atoms. The van der Waals surface area contributed by atoms with Crippen molar-refractivity contribution in [3.8, 4) is 5.75 Å². The Morgan fingerprint density at radius 2 is 2.00 bits per heavy atom. The van der Waals surface area contributed by atoms with E-state index in [1.807, 2.05) is 30.3 Å². The molecule has 0 atom stereocenters. The molecule has 6 heteroatoms. The number of anilines is 2. The van der Waals surface area contributed by atoms with Crippen LogP contribution >= 0.6 is 0 Å². The van der Waals surface area contributed by atoms with Gasteiger partial charge in [-0.1, -0.05) is 12.1 Å². The zero-order valence-electron chi connectivity index (χ0n) is 13.3. The lowest BCUT2D eigenvalue weighted by Gasteiger charge is -2.06. The standard InChI is InChI=1S/C18H19N3O3/c1-23-8-9-24-13-6-7-15-12(10-13)11-17(20-15)18(22)21-16-5-3-2-4-14(16)19/h2-7,10-11,20H,8-9,19H2,1H3,(H,21,22). The average molecular weight is 325 g/mol. The minimum atomic E-state index is -0.244. The van der Waals surface area contributed by atoms with E-state index in [0.717, 1.165) is 16.7 Å². The number of rotatable bonds is 6. The lowest BCUT2D eigenvalue weighted by atomic mass is 10.2. The molecular formula is C18H19N3O3. The van der Waals surface area contributed by atoms with E-state index >= 15 is 0 Å². The predicted molar refractivity (Wildman–Crippen MR) is 94.5 cm³/mol. The van der Waals surface area contributed by atoms with Crippen molar-refractivity contribution in [2.24, 2.45) is 0 Å². The SMILES string of the molecule is COCCOc1ccc2[nH]c(C(=O)Nc3ccccc3N)cc2c1. The number of methoxy groups -OCH3 is 1. The summed E-state index contributed by atoms with van der Waals surface area (Å²) in [5, 5.41) is 3.70. The number of hydrogen-bond acceptors (Lipinski definition) is 4. The van der Waals surface area contributed by atoms with Crippen LogP contribution in [0.3, 0.4) is 0 Å². The number of nitrogens with one attached hydrogen (secondary N) is 2. The van der Waals surface area contributed by atoms with Gasteiger partial charge >= 0.3 is 0 Å². The highest BCUT2D eigenvalue weighted by atomic mass is 16.5. The Morgan fingerprint density at radius 1 is 1.17 bits per heavy atom. The lowest BCUT2D eigenvalue weighted by Crippen LogP contribution is -2.13. The summed E-state index contributed by atoms with van der Waals surface area (Å²) in [6, 6.07) is 14.5. The summed E-state index contributed by atoms with van der Waals surface area (Å²) in [4.78, 5) is 15.5. The fraction of sp³-hybridized carbons (Fsp3) is 0.167. The second kappa shape index (κ2) is 7.06. The van der Waals surface area contributed by atoms with Crippen LogP contribution < -0.4 is 15.8 Å². The van der Waals surface area contributed by atoms with Gasteiger partial charge in [-0.25, -0.2) is 0 Å². The van der Waals surface area contributed by atoms with Crippen molar-refractivity contribution in [1.82, 2.24) is 4.98 Å². The predicted octanol–water partition coefficient (Wildman–Crippen LogP) is 3.03. The number of benzene rings is 2. The summed E-state index contributed by atoms with van der Waals surface area (Å²) < 4.78 is 10.5. The average Bonchev–Trinajstić information content (AvgIpc) is 3.00. The number of fused-ring (bicyclic) bond motifs is 1. The van der Waals surface area contributed by atoms with E-state index in [4.69, 9.17) is 15.2 Å². The second-order valence-corrected chi connectivity index (χ2v) is 5.31. The van der Waals surface area contributed by atoms with Crippen LogP contribution in [0.25, 0.3) is 10.9 Å². The smallest absolute Gasteiger partial charge is 0.272 e. The van der Waals surface area contributed by atoms with E-state index in [9.17, 15) is 4.79 Å². The number of para-hydroxylation sites is 2. The highest BCUT2D eigenvalue weighted by Gasteiger charge is 2.11. The molecule has 1 aromatic heterocycles. The van der Waals surface area contributed by atoms with Crippen LogP contribution in [0.15, 0.2) is 48.5 Å². The highest BCUT2D eigenvalue weighted by molar-refractivity contribution is 6.07. The first-order chi connectivity index (χ1) is 11.7. The molecule has 124 valence electrons. The van der Waals surface area contributed by atoms with Gasteiger partial charge in [0.25, 0.3) is 5.91 Å². The van der Waals surface area contributed by atoms with Crippen LogP contribution in [0, 0.1) is 0 Å². The molecule has 6 nitrogen and oxygen atoms in total. The van der Waals surface area contributed by atoms with Crippen molar-refractivity contribution in [1.29, 1.82) is 0 Å². The Labute approximate surface area is 139 Å². The normalized spacial score (nSPS) is 10.7. The van der Waals surface area contributed by atoms with Crippen molar-refractivity contribution in [3.05, 3.63) is 54.2 Å². The maximum Gasteiger partial charge on any atom is 0.272 e. The molecule has 0 radical (unpaired) electrons. The molecule has 3 rings (SSSR count). The number of nitrogens with two attached hydrogens (primary N) is 1. The van der Waals surface area contributed by atoms with Gasteiger partial charge in [0, 0.05) is 18.0 Å². The highest BCUT2D eigenvalue weighted by Crippen LogP contribution is 2.23. The number of hydrogen-bond donors (Lipinski definition) is 3. The van der Waals surface area contributed by atoms with Crippen LogP contribution in [0.5, 0.6) is 5.75 Å². The summed E-state index contributed by atoms with van der Waals surface area (Å²) in [5.74, 6) is 0.490. The van der Waals surface area contributed by atoms with Gasteiger partial charge in [0.2, 0.25) is 0 Å². The Kier molecular flexibility index (Phi) is 4.67. The summed E-state index contributed by atoms with van der Waals surface area (Å²) in [6.45, 7) is 1.00. The van der Waals surface area contributed by atoms with Gasteiger partial charge in [-0.3, -0.25) is 4.79 Å². The molecule has 0 unspecified atom stereocenters. The maximum atomic E-state index is 12.4. The van der Waals surface area contributed by atoms with Gasteiger partial charge in [0.1, 0.15) is 18.1 Å². The first kappa shape index (κ1) is 15.9. The topological polar surface area (TPSA) is 89.4 Å². The third-order valence-electron chi connectivity index (χ3n) is 3.60. The van der Waals surface area contributed by atoms with Crippen molar-refractivity contribution >= 4 is 28.2 Å². The van der Waals surface area contributed by atoms with Crippen molar-refractivity contribution in [2.45, 2.75) is 0 Å². The van der Waals surface area contributed by atoms with Gasteiger partial charge in [0.05, 0.1) is 18.0 Å². The quantitative estimate of drug-likeness (QED) is 0.480. The number of ether oxygens (including phenoxy) is 2. The summed E-state index contributed by atoms with van der Waals surface area (Å²) in [5.41, 5.74) is 8.28. The summed E-state index contributed by atoms with van der Waals surface area (Å²) in [7, 11) is 1.63. The third-order valence-corrected chi connectivity index (χ3v) is 3.60. The molecule has 0 spiro atoms. The molecule has 0 saturated carbocycles. The number of carbonyl (C=O) groups is 1. The molecule has 0 bridgehead atoms. The van der Waals surface area contributed by atoms with Crippen molar-refractivity contribution < 1.29 is 14.3 Å². The zero-order chi connectivity index (χ0) is 16.9. The van der Waals surface area contributed by atoms with Gasteiger partial charge < -0.3 is 25.5 Å².